The largest absolute Gasteiger partial charge is 0.444 e. The van der Waals surface area contributed by atoms with Crippen molar-refractivity contribution >= 4 is 11.9 Å². The highest BCUT2D eigenvalue weighted by atomic mass is 19.3. The van der Waals surface area contributed by atoms with E-state index in [1.165, 1.54) is 20.8 Å². The number of carbonyl (C=O) groups is 1. The van der Waals surface area contributed by atoms with E-state index in [1.807, 2.05) is 5.32 Å². The van der Waals surface area contributed by atoms with Crippen LogP contribution in [0.15, 0.2) is 6.07 Å². The van der Waals surface area contributed by atoms with Gasteiger partial charge in [-0.25, -0.2) is 22.9 Å². The maximum Gasteiger partial charge on any atom is 0.413 e. The molecule has 0 unspecified atom stereocenters. The summed E-state index contributed by atoms with van der Waals surface area (Å²) in [5.41, 5.74) is -2.14. The lowest BCUT2D eigenvalue weighted by Crippen LogP contribution is -2.28. The minimum Gasteiger partial charge on any atom is -0.444 e. The predicted molar refractivity (Wildman–Crippen MR) is 65.6 cm³/mol. The van der Waals surface area contributed by atoms with Crippen molar-refractivity contribution < 1.29 is 36.2 Å². The zero-order chi connectivity index (χ0) is 17.1. The number of pyridine rings is 1. The Morgan fingerprint density at radius 3 is 2.32 bits per heavy atom. The van der Waals surface area contributed by atoms with Gasteiger partial charge >= 0.3 is 12.7 Å². The van der Waals surface area contributed by atoms with Gasteiger partial charge in [-0.05, 0) is 20.8 Å². The van der Waals surface area contributed by atoms with Crippen LogP contribution < -0.4 is 10.1 Å². The van der Waals surface area contributed by atoms with E-state index in [9.17, 15) is 26.7 Å². The number of rotatable bonds is 4. The zero-order valence-corrected chi connectivity index (χ0v) is 11.8. The van der Waals surface area contributed by atoms with Crippen molar-refractivity contribution in [2.24, 2.45) is 0 Å². The molecule has 1 aromatic rings. The molecule has 0 saturated carbocycles. The molecular weight excluding hydrogens is 315 g/mol. The molecule has 1 aromatic heterocycles. The molecular formula is C12H13F5N2O3. The standard InChI is InChI=1S/C12H13F5N2O3/c1-12(2,3)22-11(20)19-9-5(13)4-6(21-10(16)17)7(18-9)8(14)15/h4,8,10H,1-3H3,(H,18,19,20). The van der Waals surface area contributed by atoms with E-state index in [0.717, 1.165) is 0 Å². The first-order chi connectivity index (χ1) is 9.99. The summed E-state index contributed by atoms with van der Waals surface area (Å²) in [7, 11) is 0. The van der Waals surface area contributed by atoms with E-state index in [0.29, 0.717) is 0 Å². The van der Waals surface area contributed by atoms with Gasteiger partial charge in [0.15, 0.2) is 23.1 Å². The Kier molecular flexibility index (Phi) is 5.50. The summed E-state index contributed by atoms with van der Waals surface area (Å²) in [5, 5.41) is 1.82. The second kappa shape index (κ2) is 6.75. The maximum atomic E-state index is 13.6. The van der Waals surface area contributed by atoms with Crippen LogP contribution in [0.4, 0.5) is 32.6 Å². The van der Waals surface area contributed by atoms with Gasteiger partial charge in [0.25, 0.3) is 6.43 Å². The monoisotopic (exact) mass is 328 g/mol. The van der Waals surface area contributed by atoms with Crippen molar-refractivity contribution in [1.29, 1.82) is 0 Å². The fraction of sp³-hybridized carbons (Fsp3) is 0.500. The summed E-state index contributed by atoms with van der Waals surface area (Å²) < 4.78 is 71.9. The van der Waals surface area contributed by atoms with Crippen LogP contribution in [0.2, 0.25) is 0 Å². The van der Waals surface area contributed by atoms with Crippen LogP contribution in [0.3, 0.4) is 0 Å². The van der Waals surface area contributed by atoms with E-state index in [1.54, 1.807) is 0 Å². The lowest BCUT2D eigenvalue weighted by atomic mass is 10.2. The van der Waals surface area contributed by atoms with Gasteiger partial charge in [0.1, 0.15) is 5.60 Å². The lowest BCUT2D eigenvalue weighted by Gasteiger charge is -2.20. The summed E-state index contributed by atoms with van der Waals surface area (Å²) in [6, 6.07) is 0.285. The second-order valence-corrected chi connectivity index (χ2v) is 5.01. The molecule has 0 aliphatic rings. The third kappa shape index (κ3) is 5.34. The fourth-order valence-electron chi connectivity index (χ4n) is 1.32. The Hall–Kier alpha value is -2.13. The number of alkyl halides is 4. The number of ether oxygens (including phenoxy) is 2. The quantitative estimate of drug-likeness (QED) is 0.845. The highest BCUT2D eigenvalue weighted by Gasteiger charge is 2.24. The summed E-state index contributed by atoms with van der Waals surface area (Å²) >= 11 is 0. The molecule has 0 aliphatic heterocycles. The predicted octanol–water partition coefficient (Wildman–Crippen LogP) is 4.11. The first kappa shape index (κ1) is 17.9. The number of carbonyl (C=O) groups excluding carboxylic acids is 1. The average Bonchev–Trinajstić information content (AvgIpc) is 2.28. The van der Waals surface area contributed by atoms with E-state index < -0.39 is 47.8 Å². The van der Waals surface area contributed by atoms with Gasteiger partial charge in [0, 0.05) is 6.07 Å². The third-order valence-electron chi connectivity index (χ3n) is 2.01. The Morgan fingerprint density at radius 2 is 1.86 bits per heavy atom. The first-order valence-electron chi connectivity index (χ1n) is 5.93. The van der Waals surface area contributed by atoms with Crippen LogP contribution in [0.25, 0.3) is 0 Å². The van der Waals surface area contributed by atoms with Crippen LogP contribution >= 0.6 is 0 Å². The molecule has 0 radical (unpaired) electrons. The van der Waals surface area contributed by atoms with Gasteiger partial charge in [-0.3, -0.25) is 5.32 Å². The van der Waals surface area contributed by atoms with Crippen LogP contribution in [-0.4, -0.2) is 23.3 Å². The summed E-state index contributed by atoms with van der Waals surface area (Å²) in [4.78, 5) is 14.5. The van der Waals surface area contributed by atoms with Crippen molar-refractivity contribution in [2.75, 3.05) is 5.32 Å². The van der Waals surface area contributed by atoms with Gasteiger partial charge in [-0.2, -0.15) is 8.78 Å². The molecule has 1 heterocycles. The van der Waals surface area contributed by atoms with Gasteiger partial charge in [0.05, 0.1) is 0 Å². The molecule has 0 aromatic carbocycles. The van der Waals surface area contributed by atoms with E-state index in [2.05, 4.69) is 9.72 Å². The molecule has 0 fully saturated rings. The zero-order valence-electron chi connectivity index (χ0n) is 11.8. The fourth-order valence-corrected chi connectivity index (χ4v) is 1.32. The molecule has 0 aliphatic carbocycles. The van der Waals surface area contributed by atoms with Crippen molar-refractivity contribution in [2.45, 2.75) is 39.4 Å². The van der Waals surface area contributed by atoms with Crippen LogP contribution in [-0.2, 0) is 4.74 Å². The first-order valence-corrected chi connectivity index (χ1v) is 5.93. The number of hydrogen-bond acceptors (Lipinski definition) is 4. The van der Waals surface area contributed by atoms with Gasteiger partial charge in [0.2, 0.25) is 0 Å². The van der Waals surface area contributed by atoms with Crippen LogP contribution in [0, 0.1) is 5.82 Å². The number of amides is 1. The summed E-state index contributed by atoms with van der Waals surface area (Å²) in [5.74, 6) is -3.32. The topological polar surface area (TPSA) is 60.5 Å². The lowest BCUT2D eigenvalue weighted by molar-refractivity contribution is -0.0526. The minimum absolute atomic E-state index is 0.285. The Labute approximate surface area is 122 Å². The molecule has 124 valence electrons. The number of nitrogens with one attached hydrogen (secondary N) is 1. The Balaban J connectivity index is 3.06. The molecule has 0 atom stereocenters. The molecule has 10 heteroatoms. The Morgan fingerprint density at radius 1 is 1.27 bits per heavy atom. The molecule has 22 heavy (non-hydrogen) atoms. The molecule has 0 saturated heterocycles. The molecule has 1 N–H and O–H groups in total. The molecule has 1 rings (SSSR count). The molecule has 1 amide bonds. The number of anilines is 1. The second-order valence-electron chi connectivity index (χ2n) is 5.01. The minimum atomic E-state index is -3.43. The average molecular weight is 328 g/mol. The van der Waals surface area contributed by atoms with Gasteiger partial charge in [-0.15, -0.1) is 0 Å². The number of halogens is 5. The van der Waals surface area contributed by atoms with Gasteiger partial charge in [-0.1, -0.05) is 0 Å². The number of aromatic nitrogens is 1. The van der Waals surface area contributed by atoms with Crippen LogP contribution in [0.1, 0.15) is 32.9 Å². The molecule has 0 spiro atoms. The third-order valence-corrected chi connectivity index (χ3v) is 2.01. The highest BCUT2D eigenvalue weighted by molar-refractivity contribution is 5.83. The summed E-state index contributed by atoms with van der Waals surface area (Å²) in [6.45, 7) is 1.16. The van der Waals surface area contributed by atoms with E-state index >= 15 is 0 Å². The van der Waals surface area contributed by atoms with Crippen molar-refractivity contribution in [3.8, 4) is 5.75 Å². The van der Waals surface area contributed by atoms with Gasteiger partial charge < -0.3 is 9.47 Å². The smallest absolute Gasteiger partial charge is 0.413 e. The molecule has 0 bridgehead atoms. The van der Waals surface area contributed by atoms with E-state index in [4.69, 9.17) is 4.74 Å². The Bertz CT molecular complexity index is 546. The van der Waals surface area contributed by atoms with E-state index in [-0.39, 0.29) is 6.07 Å². The molecule has 5 nitrogen and oxygen atoms in total. The highest BCUT2D eigenvalue weighted by Crippen LogP contribution is 2.31. The summed E-state index contributed by atoms with van der Waals surface area (Å²) in [6.07, 6.45) is -4.45. The normalized spacial score (nSPS) is 11.7. The van der Waals surface area contributed by atoms with Crippen LogP contribution in [0.5, 0.6) is 5.75 Å². The van der Waals surface area contributed by atoms with Crippen molar-refractivity contribution in [1.82, 2.24) is 4.98 Å². The number of nitrogens with zero attached hydrogens (tertiary/aromatic N) is 1. The van der Waals surface area contributed by atoms with Crippen molar-refractivity contribution in [3.05, 3.63) is 17.6 Å². The SMILES string of the molecule is CC(C)(C)OC(=O)Nc1nc(C(F)F)c(OC(F)F)cc1F. The maximum absolute atomic E-state index is 13.6. The van der Waals surface area contributed by atoms with Crippen molar-refractivity contribution in [3.63, 3.8) is 0 Å². The number of hydrogen-bond donors (Lipinski definition) is 1.